The number of hydrogen-bond donors (Lipinski definition) is 1. The number of ether oxygens (including phenoxy) is 2. The van der Waals surface area contributed by atoms with Gasteiger partial charge in [-0.05, 0) is 24.6 Å². The number of carbonyl (C=O) groups excluding carboxylic acids is 1. The predicted octanol–water partition coefficient (Wildman–Crippen LogP) is 2.63. The summed E-state index contributed by atoms with van der Waals surface area (Å²) in [5.41, 5.74) is 3.07. The summed E-state index contributed by atoms with van der Waals surface area (Å²) < 4.78 is 11.3. The van der Waals surface area contributed by atoms with E-state index >= 15 is 0 Å². The molecule has 0 radical (unpaired) electrons. The van der Waals surface area contributed by atoms with Gasteiger partial charge in [-0.1, -0.05) is 0 Å². The van der Waals surface area contributed by atoms with Crippen LogP contribution in [-0.4, -0.2) is 65.2 Å². The van der Waals surface area contributed by atoms with Crippen LogP contribution in [0.3, 0.4) is 0 Å². The Morgan fingerprint density at radius 3 is 2.94 bits per heavy atom. The first-order valence-electron chi connectivity index (χ1n) is 10.2. The molecule has 1 aromatic carbocycles. The second-order valence-corrected chi connectivity index (χ2v) is 7.48. The minimum absolute atomic E-state index is 0. The van der Waals surface area contributed by atoms with Gasteiger partial charge in [-0.15, -0.1) is 12.4 Å². The lowest BCUT2D eigenvalue weighted by Gasteiger charge is -2.26. The average molecular weight is 442 g/mol. The first kappa shape index (κ1) is 21.4. The van der Waals surface area contributed by atoms with Crippen molar-refractivity contribution in [2.45, 2.75) is 12.3 Å². The van der Waals surface area contributed by atoms with Gasteiger partial charge in [0, 0.05) is 54.7 Å². The van der Waals surface area contributed by atoms with Crippen molar-refractivity contribution in [1.82, 2.24) is 19.9 Å². The summed E-state index contributed by atoms with van der Waals surface area (Å²) in [5, 5.41) is 3.75. The van der Waals surface area contributed by atoms with Crippen molar-refractivity contribution in [1.29, 1.82) is 0 Å². The lowest BCUT2D eigenvalue weighted by molar-refractivity contribution is -0.116. The molecule has 2 aliphatic rings. The normalized spacial score (nSPS) is 18.3. The number of hydrogen-bond acceptors (Lipinski definition) is 7. The van der Waals surface area contributed by atoms with E-state index in [0.29, 0.717) is 12.3 Å². The molecular weight excluding hydrogens is 418 g/mol. The molecule has 8 nitrogen and oxygen atoms in total. The number of anilines is 1. The molecular formula is C22H24ClN5O3. The molecule has 1 unspecified atom stereocenters. The van der Waals surface area contributed by atoms with Crippen molar-refractivity contribution in [2.75, 3.05) is 44.8 Å². The fourth-order valence-electron chi connectivity index (χ4n) is 4.05. The quantitative estimate of drug-likeness (QED) is 0.588. The van der Waals surface area contributed by atoms with Crippen LogP contribution in [0.5, 0.6) is 5.75 Å². The molecule has 31 heavy (non-hydrogen) atoms. The highest BCUT2D eigenvalue weighted by Gasteiger charge is 2.34. The first-order chi connectivity index (χ1) is 14.8. The van der Waals surface area contributed by atoms with E-state index in [0.717, 1.165) is 67.2 Å². The van der Waals surface area contributed by atoms with Crippen LogP contribution in [0, 0.1) is 0 Å². The second kappa shape index (κ2) is 9.55. The number of nitrogens with zero attached hydrogens (tertiary/aromatic N) is 4. The predicted molar refractivity (Wildman–Crippen MR) is 119 cm³/mol. The molecule has 1 amide bonds. The number of carbonyl (C=O) groups is 1. The largest absolute Gasteiger partial charge is 0.493 e. The van der Waals surface area contributed by atoms with Crippen molar-refractivity contribution < 1.29 is 14.3 Å². The number of morpholine rings is 1. The van der Waals surface area contributed by atoms with Gasteiger partial charge in [-0.3, -0.25) is 14.7 Å². The Hall–Kier alpha value is -2.81. The van der Waals surface area contributed by atoms with Gasteiger partial charge in [0.2, 0.25) is 5.91 Å². The second-order valence-electron chi connectivity index (χ2n) is 7.48. The van der Waals surface area contributed by atoms with Gasteiger partial charge >= 0.3 is 0 Å². The summed E-state index contributed by atoms with van der Waals surface area (Å²) in [6.45, 7) is 5.25. The van der Waals surface area contributed by atoms with Crippen LogP contribution in [0.25, 0.3) is 10.9 Å². The third kappa shape index (κ3) is 4.46. The molecule has 5 rings (SSSR count). The maximum atomic E-state index is 12.6. The fourth-order valence-corrected chi connectivity index (χ4v) is 4.05. The number of aromatic nitrogens is 3. The lowest BCUT2D eigenvalue weighted by Crippen LogP contribution is -2.37. The van der Waals surface area contributed by atoms with E-state index in [1.54, 1.807) is 18.5 Å². The maximum absolute atomic E-state index is 12.6. The van der Waals surface area contributed by atoms with Gasteiger partial charge in [0.25, 0.3) is 0 Å². The van der Waals surface area contributed by atoms with E-state index in [1.807, 2.05) is 18.2 Å². The molecule has 4 heterocycles. The van der Waals surface area contributed by atoms with Gasteiger partial charge < -0.3 is 14.8 Å². The van der Waals surface area contributed by atoms with Crippen LogP contribution >= 0.6 is 12.4 Å². The number of pyridine rings is 1. The SMILES string of the molecule is Cl.O=C1Nc2ccncc2C1c1ncnc2cc(OCCCN3CCOCC3)ccc12. The van der Waals surface area contributed by atoms with E-state index in [1.165, 1.54) is 6.33 Å². The topological polar surface area (TPSA) is 89.5 Å². The number of rotatable bonds is 6. The summed E-state index contributed by atoms with van der Waals surface area (Å²) in [6, 6.07) is 7.57. The molecule has 9 heteroatoms. The van der Waals surface area contributed by atoms with Gasteiger partial charge in [-0.2, -0.15) is 0 Å². The Bertz CT molecular complexity index is 1070. The van der Waals surface area contributed by atoms with Crippen LogP contribution in [-0.2, 0) is 9.53 Å². The van der Waals surface area contributed by atoms with Gasteiger partial charge in [-0.25, -0.2) is 9.97 Å². The smallest absolute Gasteiger partial charge is 0.238 e. The highest BCUT2D eigenvalue weighted by atomic mass is 35.5. The Morgan fingerprint density at radius 2 is 2.06 bits per heavy atom. The Labute approximate surface area is 186 Å². The Morgan fingerprint density at radius 1 is 1.19 bits per heavy atom. The third-order valence-corrected chi connectivity index (χ3v) is 5.59. The van der Waals surface area contributed by atoms with E-state index in [4.69, 9.17) is 9.47 Å². The molecule has 1 atom stereocenters. The molecule has 0 aliphatic carbocycles. The van der Waals surface area contributed by atoms with Crippen LogP contribution in [0.4, 0.5) is 5.69 Å². The van der Waals surface area contributed by atoms with E-state index in [9.17, 15) is 4.79 Å². The average Bonchev–Trinajstić information content (AvgIpc) is 3.12. The number of fused-ring (bicyclic) bond motifs is 2. The number of nitrogens with one attached hydrogen (secondary N) is 1. The minimum Gasteiger partial charge on any atom is -0.493 e. The number of amides is 1. The highest BCUT2D eigenvalue weighted by molar-refractivity contribution is 6.06. The summed E-state index contributed by atoms with van der Waals surface area (Å²) in [7, 11) is 0. The van der Waals surface area contributed by atoms with E-state index < -0.39 is 5.92 Å². The van der Waals surface area contributed by atoms with Crippen molar-refractivity contribution >= 4 is 34.9 Å². The number of halogens is 1. The Kier molecular flexibility index (Phi) is 6.60. The molecule has 1 N–H and O–H groups in total. The third-order valence-electron chi connectivity index (χ3n) is 5.59. The van der Waals surface area contributed by atoms with Crippen LogP contribution in [0.15, 0.2) is 43.0 Å². The first-order valence-corrected chi connectivity index (χ1v) is 10.2. The fraction of sp³-hybridized carbons (Fsp3) is 0.364. The summed E-state index contributed by atoms with van der Waals surface area (Å²) in [4.78, 5) is 28.0. The zero-order valence-electron chi connectivity index (χ0n) is 17.0. The van der Waals surface area contributed by atoms with E-state index in [-0.39, 0.29) is 18.3 Å². The summed E-state index contributed by atoms with van der Waals surface area (Å²) in [6.07, 6.45) is 5.85. The van der Waals surface area contributed by atoms with Gasteiger partial charge in [0.15, 0.2) is 0 Å². The molecule has 1 saturated heterocycles. The van der Waals surface area contributed by atoms with Crippen molar-refractivity contribution in [2.24, 2.45) is 0 Å². The Balaban J connectivity index is 0.00000231. The maximum Gasteiger partial charge on any atom is 0.238 e. The summed E-state index contributed by atoms with van der Waals surface area (Å²) in [5.74, 6) is 0.188. The van der Waals surface area contributed by atoms with E-state index in [2.05, 4.69) is 25.2 Å². The van der Waals surface area contributed by atoms with Crippen molar-refractivity contribution in [3.8, 4) is 5.75 Å². The van der Waals surface area contributed by atoms with Gasteiger partial charge in [0.05, 0.1) is 31.0 Å². The molecule has 0 saturated carbocycles. The number of benzene rings is 1. The molecule has 0 spiro atoms. The zero-order chi connectivity index (χ0) is 20.3. The molecule has 162 valence electrons. The molecule has 2 aliphatic heterocycles. The van der Waals surface area contributed by atoms with Gasteiger partial charge in [0.1, 0.15) is 18.0 Å². The van der Waals surface area contributed by atoms with Crippen LogP contribution < -0.4 is 10.1 Å². The van der Waals surface area contributed by atoms with Crippen LogP contribution in [0.2, 0.25) is 0 Å². The monoisotopic (exact) mass is 441 g/mol. The highest BCUT2D eigenvalue weighted by Crippen LogP contribution is 2.38. The molecule has 2 aromatic heterocycles. The summed E-state index contributed by atoms with van der Waals surface area (Å²) >= 11 is 0. The minimum atomic E-state index is -0.487. The van der Waals surface area contributed by atoms with Crippen molar-refractivity contribution in [3.63, 3.8) is 0 Å². The molecule has 3 aromatic rings. The van der Waals surface area contributed by atoms with Crippen molar-refractivity contribution in [3.05, 3.63) is 54.2 Å². The lowest BCUT2D eigenvalue weighted by atomic mass is 9.95. The molecule has 1 fully saturated rings. The standard InChI is InChI=1S/C22H23N5O3.ClH/c28-22-20(17-13-23-5-4-18(17)26-22)21-16-3-2-15(12-19(16)24-14-25-21)30-9-1-6-27-7-10-29-11-8-27;/h2-5,12-14,20H,1,6-11H2,(H,26,28);1H. The zero-order valence-corrected chi connectivity index (χ0v) is 17.8. The molecule has 0 bridgehead atoms. The van der Waals surface area contributed by atoms with Crippen LogP contribution in [0.1, 0.15) is 23.6 Å².